The first-order chi connectivity index (χ1) is 9.99. The number of esters is 3. The molecule has 2 aliphatic heterocycles. The number of fused-ring (bicyclic) bond motifs is 2. The lowest BCUT2D eigenvalue weighted by Gasteiger charge is -2.39. The maximum absolute atomic E-state index is 12.3. The van der Waals surface area contributed by atoms with E-state index in [1.165, 1.54) is 18.5 Å². The van der Waals surface area contributed by atoms with E-state index in [2.05, 4.69) is 4.98 Å². The molecular weight excluding hydrogens is 278 g/mol. The molecule has 1 aromatic heterocycles. The first kappa shape index (κ1) is 13.5. The number of carbonyl (C=O) groups excluding carboxylic acids is 3. The van der Waals surface area contributed by atoms with Gasteiger partial charge in [-0.15, -0.1) is 0 Å². The monoisotopic (exact) mass is 291 g/mol. The summed E-state index contributed by atoms with van der Waals surface area (Å²) in [6.07, 6.45) is 3.16. The van der Waals surface area contributed by atoms with Gasteiger partial charge in [0, 0.05) is 12.4 Å². The van der Waals surface area contributed by atoms with Gasteiger partial charge in [-0.25, -0.2) is 4.79 Å². The quantitative estimate of drug-likeness (QED) is 0.598. The normalized spacial score (nSPS) is 21.5. The summed E-state index contributed by atoms with van der Waals surface area (Å²) in [5.74, 6) is -4.36. The molecule has 1 saturated heterocycles. The van der Waals surface area contributed by atoms with Gasteiger partial charge in [0.2, 0.25) is 0 Å². The fourth-order valence-electron chi connectivity index (χ4n) is 2.58. The fourth-order valence-corrected chi connectivity index (χ4v) is 2.58. The molecule has 0 aromatic carbocycles. The number of carbonyl (C=O) groups is 3. The van der Waals surface area contributed by atoms with Crippen molar-refractivity contribution in [2.24, 2.45) is 5.41 Å². The van der Waals surface area contributed by atoms with E-state index in [1.807, 2.05) is 0 Å². The van der Waals surface area contributed by atoms with Crippen LogP contribution in [0.4, 0.5) is 0 Å². The maximum atomic E-state index is 12.3. The van der Waals surface area contributed by atoms with Gasteiger partial charge in [-0.05, 0) is 18.9 Å². The molecule has 7 heteroatoms. The van der Waals surface area contributed by atoms with Gasteiger partial charge in [-0.1, -0.05) is 13.8 Å². The van der Waals surface area contributed by atoms with E-state index >= 15 is 0 Å². The maximum Gasteiger partial charge on any atom is 0.455 e. The standard InChI is InChI=1S/C14H13NO6/c1-3-13(4-2)11(17)20-14(21-12(13)18)9-5-6-15-7-8(9)10(16)19-14/h5-7H,3-4H2,1-2H3. The van der Waals surface area contributed by atoms with Gasteiger partial charge >= 0.3 is 23.9 Å². The third-order valence-electron chi connectivity index (χ3n) is 4.04. The van der Waals surface area contributed by atoms with Crippen LogP contribution in [0.3, 0.4) is 0 Å². The predicted molar refractivity (Wildman–Crippen MR) is 66.5 cm³/mol. The Kier molecular flexibility index (Phi) is 2.76. The largest absolute Gasteiger partial charge is 0.455 e. The van der Waals surface area contributed by atoms with Crippen LogP contribution in [-0.2, 0) is 29.8 Å². The van der Waals surface area contributed by atoms with Gasteiger partial charge in [0.1, 0.15) is 5.56 Å². The lowest BCUT2D eigenvalue weighted by atomic mass is 9.81. The first-order valence-electron chi connectivity index (χ1n) is 6.64. The van der Waals surface area contributed by atoms with E-state index in [4.69, 9.17) is 14.2 Å². The Morgan fingerprint density at radius 1 is 1.05 bits per heavy atom. The number of rotatable bonds is 2. The minimum atomic E-state index is -2.11. The molecule has 21 heavy (non-hydrogen) atoms. The number of hydrogen-bond donors (Lipinski definition) is 0. The molecule has 0 unspecified atom stereocenters. The molecule has 3 rings (SSSR count). The third-order valence-corrected chi connectivity index (χ3v) is 4.04. The molecule has 2 aliphatic rings. The third kappa shape index (κ3) is 1.60. The summed E-state index contributed by atoms with van der Waals surface area (Å²) in [5.41, 5.74) is -1.07. The van der Waals surface area contributed by atoms with Crippen molar-refractivity contribution in [2.45, 2.75) is 32.7 Å². The zero-order valence-electron chi connectivity index (χ0n) is 11.5. The molecule has 0 bridgehead atoms. The summed E-state index contributed by atoms with van der Waals surface area (Å²) in [4.78, 5) is 40.3. The Hall–Kier alpha value is -2.44. The van der Waals surface area contributed by atoms with Gasteiger partial charge in [0.05, 0.1) is 5.56 Å². The van der Waals surface area contributed by atoms with Crippen LogP contribution in [0.5, 0.6) is 0 Å². The Bertz CT molecular complexity index is 629. The second-order valence-electron chi connectivity index (χ2n) is 4.94. The number of hydrogen-bond acceptors (Lipinski definition) is 7. The summed E-state index contributed by atoms with van der Waals surface area (Å²) in [6.45, 7) is 3.39. The topological polar surface area (TPSA) is 91.8 Å². The Balaban J connectivity index is 2.07. The first-order valence-corrected chi connectivity index (χ1v) is 6.64. The summed E-state index contributed by atoms with van der Waals surface area (Å²) >= 11 is 0. The van der Waals surface area contributed by atoms with Crippen molar-refractivity contribution in [3.05, 3.63) is 29.6 Å². The van der Waals surface area contributed by atoms with Crippen LogP contribution < -0.4 is 0 Å². The molecule has 0 saturated carbocycles. The Morgan fingerprint density at radius 2 is 1.67 bits per heavy atom. The molecular formula is C14H13NO6. The number of aromatic nitrogens is 1. The van der Waals surface area contributed by atoms with Crippen LogP contribution in [0.1, 0.15) is 42.6 Å². The molecule has 0 aliphatic carbocycles. The van der Waals surface area contributed by atoms with E-state index in [0.29, 0.717) is 0 Å². The van der Waals surface area contributed by atoms with Crippen LogP contribution >= 0.6 is 0 Å². The smallest absolute Gasteiger partial charge is 0.383 e. The SMILES string of the molecule is CCC1(CC)C(=O)OC2(OC(=O)c3cnccc32)OC1=O. The summed E-state index contributed by atoms with van der Waals surface area (Å²) < 4.78 is 15.5. The van der Waals surface area contributed by atoms with Gasteiger partial charge < -0.3 is 14.2 Å². The molecule has 0 N–H and O–H groups in total. The van der Waals surface area contributed by atoms with Crippen LogP contribution in [-0.4, -0.2) is 22.9 Å². The van der Waals surface area contributed by atoms with Crippen molar-refractivity contribution in [3.63, 3.8) is 0 Å². The molecule has 3 heterocycles. The van der Waals surface area contributed by atoms with Crippen molar-refractivity contribution in [2.75, 3.05) is 0 Å². The van der Waals surface area contributed by atoms with Crippen molar-refractivity contribution in [1.29, 1.82) is 0 Å². The average Bonchev–Trinajstić information content (AvgIpc) is 2.73. The molecule has 7 nitrogen and oxygen atoms in total. The van der Waals surface area contributed by atoms with Gasteiger partial charge in [-0.2, -0.15) is 0 Å². The zero-order valence-corrected chi connectivity index (χ0v) is 11.5. The van der Waals surface area contributed by atoms with Crippen molar-refractivity contribution >= 4 is 17.9 Å². The minimum absolute atomic E-state index is 0.110. The Morgan fingerprint density at radius 3 is 2.24 bits per heavy atom. The molecule has 1 spiro atoms. The fraction of sp³-hybridized carbons (Fsp3) is 0.429. The minimum Gasteiger partial charge on any atom is -0.383 e. The second-order valence-corrected chi connectivity index (χ2v) is 4.94. The zero-order chi connectivity index (χ0) is 15.3. The van der Waals surface area contributed by atoms with Gasteiger partial charge in [0.15, 0.2) is 5.41 Å². The van der Waals surface area contributed by atoms with E-state index < -0.39 is 29.3 Å². The van der Waals surface area contributed by atoms with Gasteiger partial charge in [0.25, 0.3) is 0 Å². The van der Waals surface area contributed by atoms with E-state index in [1.54, 1.807) is 13.8 Å². The van der Waals surface area contributed by atoms with Crippen LogP contribution in [0.25, 0.3) is 0 Å². The van der Waals surface area contributed by atoms with E-state index in [9.17, 15) is 14.4 Å². The molecule has 1 fully saturated rings. The highest BCUT2D eigenvalue weighted by Gasteiger charge is 2.63. The lowest BCUT2D eigenvalue weighted by Crippen LogP contribution is -2.54. The number of ether oxygens (including phenoxy) is 3. The van der Waals surface area contributed by atoms with Crippen molar-refractivity contribution in [1.82, 2.24) is 4.98 Å². The highest BCUT2D eigenvalue weighted by molar-refractivity contribution is 6.03. The summed E-state index contributed by atoms with van der Waals surface area (Å²) in [6, 6.07) is 1.42. The highest BCUT2D eigenvalue weighted by Crippen LogP contribution is 2.46. The van der Waals surface area contributed by atoms with E-state index in [0.717, 1.165) is 0 Å². The summed E-state index contributed by atoms with van der Waals surface area (Å²) in [5, 5.41) is 0. The predicted octanol–water partition coefficient (Wildman–Crippen LogP) is 1.27. The second kappa shape index (κ2) is 4.28. The average molecular weight is 291 g/mol. The van der Waals surface area contributed by atoms with Crippen molar-refractivity contribution < 1.29 is 28.6 Å². The van der Waals surface area contributed by atoms with E-state index in [-0.39, 0.29) is 24.0 Å². The molecule has 110 valence electrons. The number of pyridine rings is 1. The highest BCUT2D eigenvalue weighted by atomic mass is 16.9. The summed E-state index contributed by atoms with van der Waals surface area (Å²) in [7, 11) is 0. The molecule has 0 radical (unpaired) electrons. The van der Waals surface area contributed by atoms with Crippen molar-refractivity contribution in [3.8, 4) is 0 Å². The van der Waals surface area contributed by atoms with Crippen LogP contribution in [0.2, 0.25) is 0 Å². The molecule has 1 aromatic rings. The molecule has 0 atom stereocenters. The van der Waals surface area contributed by atoms with Crippen LogP contribution in [0, 0.1) is 5.41 Å². The van der Waals surface area contributed by atoms with Crippen LogP contribution in [0.15, 0.2) is 18.5 Å². The molecule has 0 amide bonds. The lowest BCUT2D eigenvalue weighted by molar-refractivity contribution is -0.348. The number of nitrogens with zero attached hydrogens (tertiary/aromatic N) is 1. The van der Waals surface area contributed by atoms with Gasteiger partial charge in [-0.3, -0.25) is 14.6 Å². The Labute approximate surface area is 120 Å².